The van der Waals surface area contributed by atoms with Gasteiger partial charge in [0.05, 0.1) is 25.7 Å². The average molecular weight is 386 g/mol. The number of fused-ring (bicyclic) bond motifs is 1. The van der Waals surface area contributed by atoms with E-state index in [9.17, 15) is 14.2 Å². The molecule has 0 aromatic carbocycles. The van der Waals surface area contributed by atoms with E-state index >= 15 is 0 Å². The molecule has 0 fully saturated rings. The van der Waals surface area contributed by atoms with Crippen LogP contribution in [0.2, 0.25) is 0 Å². The first-order chi connectivity index (χ1) is 12.4. The molecule has 2 aromatic heterocycles. The summed E-state index contributed by atoms with van der Waals surface area (Å²) in [7, 11) is -1.60. The van der Waals surface area contributed by atoms with Crippen molar-refractivity contribution >= 4 is 18.8 Å². The quantitative estimate of drug-likeness (QED) is 0.579. The third-order valence-corrected chi connectivity index (χ3v) is 6.20. The first kappa shape index (κ1) is 20.6. The third-order valence-electron chi connectivity index (χ3n) is 4.03. The lowest BCUT2D eigenvalue weighted by Crippen LogP contribution is -2.39. The molecular formula is C16H27N4O5P. The number of aromatic nitrogens is 4. The number of hydrogen-bond donors (Lipinski definition) is 0. The van der Waals surface area contributed by atoms with Crippen LogP contribution in [-0.4, -0.2) is 38.1 Å². The molecular weight excluding hydrogens is 359 g/mol. The summed E-state index contributed by atoms with van der Waals surface area (Å²) in [6, 6.07) is 0. The van der Waals surface area contributed by atoms with Gasteiger partial charge in [-0.3, -0.25) is 18.5 Å². The molecule has 146 valence electrons. The smallest absolute Gasteiger partial charge is 0.325 e. The van der Waals surface area contributed by atoms with Crippen LogP contribution in [0.15, 0.2) is 15.9 Å². The topological polar surface area (TPSA) is 97.4 Å². The molecule has 0 saturated heterocycles. The summed E-state index contributed by atoms with van der Waals surface area (Å²) in [5, 5.41) is 0. The highest BCUT2D eigenvalue weighted by Crippen LogP contribution is 2.48. The maximum absolute atomic E-state index is 12.8. The van der Waals surface area contributed by atoms with Gasteiger partial charge in [0, 0.05) is 20.1 Å². The van der Waals surface area contributed by atoms with Crippen LogP contribution in [0.3, 0.4) is 0 Å². The van der Waals surface area contributed by atoms with E-state index in [2.05, 4.69) is 4.98 Å². The van der Waals surface area contributed by atoms with Crippen molar-refractivity contribution in [3.05, 3.63) is 27.2 Å². The van der Waals surface area contributed by atoms with Gasteiger partial charge in [-0.05, 0) is 26.7 Å². The second-order valence-electron chi connectivity index (χ2n) is 5.93. The van der Waals surface area contributed by atoms with Crippen LogP contribution in [0, 0.1) is 0 Å². The number of nitrogens with zero attached hydrogens (tertiary/aromatic N) is 4. The standard InChI is InChI=1S/C16H27N4O5P/c1-5-9-19-12-17-14-13(19)15(21)20(16(22)18(14)4)10-8-11-26(23,24-6-2)25-7-3/h12H,5-11H2,1-4H3. The predicted molar refractivity (Wildman–Crippen MR) is 99.9 cm³/mol. The Hall–Kier alpha value is -1.70. The Labute approximate surface area is 152 Å². The van der Waals surface area contributed by atoms with Gasteiger partial charge in [-0.15, -0.1) is 0 Å². The average Bonchev–Trinajstić information content (AvgIpc) is 3.01. The highest BCUT2D eigenvalue weighted by atomic mass is 31.2. The van der Waals surface area contributed by atoms with Crippen LogP contribution >= 0.6 is 7.60 Å². The minimum Gasteiger partial charge on any atom is -0.325 e. The van der Waals surface area contributed by atoms with E-state index in [1.54, 1.807) is 31.8 Å². The summed E-state index contributed by atoms with van der Waals surface area (Å²) in [4.78, 5) is 29.5. The molecule has 0 bridgehead atoms. The zero-order chi connectivity index (χ0) is 19.3. The Morgan fingerprint density at radius 3 is 2.35 bits per heavy atom. The molecule has 0 saturated carbocycles. The van der Waals surface area contributed by atoms with Gasteiger partial charge in [-0.1, -0.05) is 6.92 Å². The van der Waals surface area contributed by atoms with Crippen LogP contribution in [-0.2, 0) is 33.7 Å². The zero-order valence-electron chi connectivity index (χ0n) is 15.8. The summed E-state index contributed by atoms with van der Waals surface area (Å²) in [6.07, 6.45) is 2.91. The summed E-state index contributed by atoms with van der Waals surface area (Å²) in [5.41, 5.74) is -0.0330. The Balaban J connectivity index is 2.32. The van der Waals surface area contributed by atoms with E-state index in [1.165, 1.54) is 9.13 Å². The Morgan fingerprint density at radius 1 is 1.12 bits per heavy atom. The van der Waals surface area contributed by atoms with Crippen molar-refractivity contribution in [3.8, 4) is 0 Å². The van der Waals surface area contributed by atoms with E-state index in [4.69, 9.17) is 9.05 Å². The number of rotatable bonds is 10. The van der Waals surface area contributed by atoms with Crippen LogP contribution in [0.4, 0.5) is 0 Å². The normalized spacial score (nSPS) is 12.2. The van der Waals surface area contributed by atoms with E-state index in [0.717, 1.165) is 6.42 Å². The first-order valence-electron chi connectivity index (χ1n) is 8.91. The highest BCUT2D eigenvalue weighted by Gasteiger charge is 2.23. The van der Waals surface area contributed by atoms with Crippen molar-refractivity contribution in [1.82, 2.24) is 18.7 Å². The van der Waals surface area contributed by atoms with Gasteiger partial charge in [0.1, 0.15) is 0 Å². The molecule has 0 aliphatic rings. The van der Waals surface area contributed by atoms with Gasteiger partial charge in [0.2, 0.25) is 0 Å². The monoisotopic (exact) mass is 386 g/mol. The largest absolute Gasteiger partial charge is 0.332 e. The van der Waals surface area contributed by atoms with Crippen molar-refractivity contribution in [3.63, 3.8) is 0 Å². The van der Waals surface area contributed by atoms with Gasteiger partial charge in [-0.2, -0.15) is 0 Å². The third kappa shape index (κ3) is 4.16. The van der Waals surface area contributed by atoms with Crippen molar-refractivity contribution < 1.29 is 13.6 Å². The molecule has 0 atom stereocenters. The molecule has 10 heteroatoms. The molecule has 2 rings (SSSR count). The molecule has 2 heterocycles. The fourth-order valence-electron chi connectivity index (χ4n) is 2.91. The van der Waals surface area contributed by atoms with E-state index < -0.39 is 13.3 Å². The van der Waals surface area contributed by atoms with Crippen molar-refractivity contribution in [2.45, 2.75) is 46.7 Å². The fourth-order valence-corrected chi connectivity index (χ4v) is 4.56. The van der Waals surface area contributed by atoms with Gasteiger partial charge >= 0.3 is 13.3 Å². The minimum atomic E-state index is -3.20. The molecule has 0 amide bonds. The van der Waals surface area contributed by atoms with Gasteiger partial charge in [-0.25, -0.2) is 9.78 Å². The van der Waals surface area contributed by atoms with Crippen LogP contribution in [0.5, 0.6) is 0 Å². The Bertz CT molecular complexity index is 904. The van der Waals surface area contributed by atoms with E-state index in [-0.39, 0.29) is 31.5 Å². The van der Waals surface area contributed by atoms with E-state index in [1.807, 2.05) is 6.92 Å². The Kier molecular flexibility index (Phi) is 6.97. The fraction of sp³-hybridized carbons (Fsp3) is 0.688. The predicted octanol–water partition coefficient (Wildman–Crippen LogP) is 1.96. The molecule has 0 aliphatic heterocycles. The maximum Gasteiger partial charge on any atom is 0.332 e. The second kappa shape index (κ2) is 8.79. The summed E-state index contributed by atoms with van der Waals surface area (Å²) in [6.45, 7) is 6.84. The summed E-state index contributed by atoms with van der Waals surface area (Å²) in [5.74, 6) is 0. The van der Waals surface area contributed by atoms with Gasteiger partial charge in [0.25, 0.3) is 5.56 Å². The lowest BCUT2D eigenvalue weighted by atomic mass is 10.4. The Morgan fingerprint density at radius 2 is 1.77 bits per heavy atom. The second-order valence-corrected chi connectivity index (χ2v) is 8.12. The van der Waals surface area contributed by atoms with Crippen LogP contribution in [0.1, 0.15) is 33.6 Å². The molecule has 0 radical (unpaired) electrons. The van der Waals surface area contributed by atoms with E-state index in [0.29, 0.717) is 24.1 Å². The molecule has 0 spiro atoms. The van der Waals surface area contributed by atoms with Crippen molar-refractivity contribution in [1.29, 1.82) is 0 Å². The maximum atomic E-state index is 12.8. The van der Waals surface area contributed by atoms with Gasteiger partial charge < -0.3 is 13.6 Å². The summed E-state index contributed by atoms with van der Waals surface area (Å²) < 4.78 is 27.3. The van der Waals surface area contributed by atoms with Crippen molar-refractivity contribution in [2.24, 2.45) is 7.05 Å². The molecule has 0 aliphatic carbocycles. The van der Waals surface area contributed by atoms with Crippen LogP contribution in [0.25, 0.3) is 11.2 Å². The number of aryl methyl sites for hydroxylation is 2. The van der Waals surface area contributed by atoms with Gasteiger partial charge in [0.15, 0.2) is 11.2 Å². The molecule has 0 N–H and O–H groups in total. The lowest BCUT2D eigenvalue weighted by molar-refractivity contribution is 0.219. The first-order valence-corrected chi connectivity index (χ1v) is 10.6. The highest BCUT2D eigenvalue weighted by molar-refractivity contribution is 7.53. The SMILES string of the molecule is CCCn1cnc2c1c(=O)n(CCCP(=O)(OCC)OCC)c(=O)n2C. The molecule has 26 heavy (non-hydrogen) atoms. The molecule has 9 nitrogen and oxygen atoms in total. The number of hydrogen-bond acceptors (Lipinski definition) is 6. The van der Waals surface area contributed by atoms with Crippen LogP contribution < -0.4 is 11.2 Å². The van der Waals surface area contributed by atoms with Crippen molar-refractivity contribution in [2.75, 3.05) is 19.4 Å². The lowest BCUT2D eigenvalue weighted by Gasteiger charge is -2.17. The zero-order valence-corrected chi connectivity index (χ0v) is 16.7. The number of imidazole rings is 1. The summed E-state index contributed by atoms with van der Waals surface area (Å²) >= 11 is 0. The molecule has 2 aromatic rings. The minimum absolute atomic E-state index is 0.142. The molecule has 0 unspecified atom stereocenters.